The average Bonchev–Trinajstić information content (AvgIpc) is 2.95. The van der Waals surface area contributed by atoms with Crippen molar-refractivity contribution in [2.45, 2.75) is 12.7 Å². The summed E-state index contributed by atoms with van der Waals surface area (Å²) in [6.45, 7) is -0.404. The number of nitrogens with two attached hydrogens (primary N) is 1. The van der Waals surface area contributed by atoms with Crippen LogP contribution in [0.4, 0.5) is 19.0 Å². The Morgan fingerprint density at radius 3 is 2.50 bits per heavy atom. The number of likely N-dealkylation sites (N-methyl/N-ethyl adjacent to an activating group) is 1. The Morgan fingerprint density at radius 2 is 1.93 bits per heavy atom. The van der Waals surface area contributed by atoms with Gasteiger partial charge in [0.05, 0.1) is 11.6 Å². The first-order valence-corrected chi connectivity index (χ1v) is 8.43. The summed E-state index contributed by atoms with van der Waals surface area (Å²) < 4.78 is 45.5. The summed E-state index contributed by atoms with van der Waals surface area (Å²) in [5.41, 5.74) is 3.41. The lowest BCUT2D eigenvalue weighted by molar-refractivity contribution is -0.142. The second-order valence-electron chi connectivity index (χ2n) is 6.11. The minimum absolute atomic E-state index is 0.0355. The number of anilines is 1. The van der Waals surface area contributed by atoms with Gasteiger partial charge in [-0.2, -0.15) is 18.3 Å². The molecule has 1 heterocycles. The zero-order chi connectivity index (χ0) is 21.1. The summed E-state index contributed by atoms with van der Waals surface area (Å²) in [5, 5.41) is 3.54. The Kier molecular flexibility index (Phi) is 6.68. The molecule has 0 spiro atoms. The fourth-order valence-corrected chi connectivity index (χ4v) is 2.55. The Hall–Kier alpha value is -2.59. The zero-order valence-corrected chi connectivity index (χ0v) is 15.8. The van der Waals surface area contributed by atoms with Crippen LogP contribution in [0, 0.1) is 0 Å². The number of benzene rings is 1. The summed E-state index contributed by atoms with van der Waals surface area (Å²) in [6, 6.07) is 6.03. The minimum atomic E-state index is -4.92. The van der Waals surface area contributed by atoms with Gasteiger partial charge < -0.3 is 15.4 Å². The summed E-state index contributed by atoms with van der Waals surface area (Å²) in [5.74, 6) is -2.53. The number of alkyl halides is 3. The molecular formula is C17H18ClF3N4O3. The van der Waals surface area contributed by atoms with E-state index in [-0.39, 0.29) is 17.1 Å². The summed E-state index contributed by atoms with van der Waals surface area (Å²) in [4.78, 5) is 26.1. The van der Waals surface area contributed by atoms with Crippen molar-refractivity contribution in [3.63, 3.8) is 0 Å². The molecule has 0 radical (unpaired) electrons. The largest absolute Gasteiger partial charge is 0.454 e. The first-order valence-electron chi connectivity index (χ1n) is 8.05. The fourth-order valence-electron chi connectivity index (χ4n) is 2.31. The molecule has 0 aliphatic heterocycles. The molecule has 28 heavy (non-hydrogen) atoms. The lowest BCUT2D eigenvalue weighted by Crippen LogP contribution is -2.20. The number of carbonyl (C=O) groups excluding carboxylic acids is 2. The van der Waals surface area contributed by atoms with E-state index in [1.807, 2.05) is 0 Å². The van der Waals surface area contributed by atoms with Crippen LogP contribution in [-0.2, 0) is 17.5 Å². The highest BCUT2D eigenvalue weighted by atomic mass is 35.5. The van der Waals surface area contributed by atoms with Crippen LogP contribution in [0.15, 0.2) is 24.3 Å². The molecule has 0 bridgehead atoms. The standard InChI is InChI=1S/C17H18ClF3N4O3/c1-24(2)7-8-25-15(22)13(14(23-25)17(19,20)21)16(27)28-9-12(26)10-5-3-4-6-11(10)18/h3-6H,7-9,22H2,1-2H3. The lowest BCUT2D eigenvalue weighted by Gasteiger charge is -2.10. The molecule has 0 fully saturated rings. The van der Waals surface area contributed by atoms with Crippen molar-refractivity contribution in [2.24, 2.45) is 0 Å². The number of rotatable bonds is 7. The van der Waals surface area contributed by atoms with Crippen molar-refractivity contribution in [3.8, 4) is 0 Å². The Morgan fingerprint density at radius 1 is 1.29 bits per heavy atom. The molecule has 0 amide bonds. The zero-order valence-electron chi connectivity index (χ0n) is 15.1. The molecule has 0 aliphatic rings. The molecule has 0 saturated heterocycles. The van der Waals surface area contributed by atoms with Crippen molar-refractivity contribution in [2.75, 3.05) is 33.0 Å². The van der Waals surface area contributed by atoms with Crippen LogP contribution in [0.5, 0.6) is 0 Å². The number of carbonyl (C=O) groups is 2. The van der Waals surface area contributed by atoms with Gasteiger partial charge in [-0.1, -0.05) is 23.7 Å². The van der Waals surface area contributed by atoms with Crippen molar-refractivity contribution < 1.29 is 27.5 Å². The van der Waals surface area contributed by atoms with Gasteiger partial charge in [-0.05, 0) is 26.2 Å². The normalized spacial score (nSPS) is 11.7. The van der Waals surface area contributed by atoms with E-state index in [4.69, 9.17) is 22.1 Å². The van der Waals surface area contributed by atoms with Gasteiger partial charge in [-0.3, -0.25) is 4.79 Å². The van der Waals surface area contributed by atoms with E-state index in [0.29, 0.717) is 6.54 Å². The monoisotopic (exact) mass is 418 g/mol. The van der Waals surface area contributed by atoms with Crippen molar-refractivity contribution in [3.05, 3.63) is 46.1 Å². The molecule has 0 aliphatic carbocycles. The number of hydrogen-bond donors (Lipinski definition) is 1. The molecular weight excluding hydrogens is 401 g/mol. The summed E-state index contributed by atoms with van der Waals surface area (Å²) in [7, 11) is 3.44. The molecule has 1 aromatic heterocycles. The predicted octanol–water partition coefficient (Wildman–Crippen LogP) is 2.74. The molecule has 2 aromatic rings. The van der Waals surface area contributed by atoms with Crippen LogP contribution >= 0.6 is 11.6 Å². The maximum atomic E-state index is 13.3. The molecule has 0 atom stereocenters. The maximum absolute atomic E-state index is 13.3. The van der Waals surface area contributed by atoms with Gasteiger partial charge in [0.15, 0.2) is 12.3 Å². The van der Waals surface area contributed by atoms with E-state index < -0.39 is 41.6 Å². The number of hydrogen-bond acceptors (Lipinski definition) is 6. The highest BCUT2D eigenvalue weighted by molar-refractivity contribution is 6.34. The number of aromatic nitrogens is 2. The van der Waals surface area contributed by atoms with Gasteiger partial charge >= 0.3 is 12.1 Å². The molecule has 1 aromatic carbocycles. The van der Waals surface area contributed by atoms with Crippen LogP contribution in [-0.4, -0.2) is 53.7 Å². The van der Waals surface area contributed by atoms with Crippen LogP contribution in [0.2, 0.25) is 5.02 Å². The van der Waals surface area contributed by atoms with E-state index >= 15 is 0 Å². The minimum Gasteiger partial charge on any atom is -0.454 e. The van der Waals surface area contributed by atoms with Gasteiger partial charge in [0.1, 0.15) is 11.4 Å². The second-order valence-corrected chi connectivity index (χ2v) is 6.52. The van der Waals surface area contributed by atoms with Crippen molar-refractivity contribution in [1.82, 2.24) is 14.7 Å². The van der Waals surface area contributed by atoms with E-state index in [2.05, 4.69) is 5.10 Å². The molecule has 0 saturated carbocycles. The lowest BCUT2D eigenvalue weighted by atomic mass is 10.1. The molecule has 152 valence electrons. The summed E-state index contributed by atoms with van der Waals surface area (Å²) >= 11 is 5.88. The first-order chi connectivity index (χ1) is 13.0. The SMILES string of the molecule is CN(C)CCn1nc(C(F)(F)F)c(C(=O)OCC(=O)c2ccccc2Cl)c1N. The molecule has 0 unspecified atom stereocenters. The molecule has 2 rings (SSSR count). The Balaban J connectivity index is 2.23. The van der Waals surface area contributed by atoms with Gasteiger partial charge in [0.2, 0.25) is 5.78 Å². The third-order valence-corrected chi connectivity index (χ3v) is 4.06. The van der Waals surface area contributed by atoms with E-state index in [1.54, 1.807) is 31.1 Å². The third kappa shape index (κ3) is 5.02. The van der Waals surface area contributed by atoms with E-state index in [0.717, 1.165) is 4.68 Å². The van der Waals surface area contributed by atoms with Gasteiger partial charge in [0.25, 0.3) is 0 Å². The van der Waals surface area contributed by atoms with Crippen LogP contribution in [0.25, 0.3) is 0 Å². The van der Waals surface area contributed by atoms with Crippen molar-refractivity contribution >= 4 is 29.2 Å². The van der Waals surface area contributed by atoms with E-state index in [9.17, 15) is 22.8 Å². The van der Waals surface area contributed by atoms with Crippen LogP contribution in [0.1, 0.15) is 26.4 Å². The number of nitrogens with zero attached hydrogens (tertiary/aromatic N) is 3. The molecule has 2 N–H and O–H groups in total. The van der Waals surface area contributed by atoms with Crippen LogP contribution < -0.4 is 5.73 Å². The second kappa shape index (κ2) is 8.61. The highest BCUT2D eigenvalue weighted by Gasteiger charge is 2.42. The number of nitrogen functional groups attached to an aromatic ring is 1. The third-order valence-electron chi connectivity index (χ3n) is 3.73. The number of halogens is 4. The fraction of sp³-hybridized carbons (Fsp3) is 0.353. The van der Waals surface area contributed by atoms with Crippen molar-refractivity contribution in [1.29, 1.82) is 0 Å². The Labute approximate surface area is 163 Å². The smallest absolute Gasteiger partial charge is 0.436 e. The van der Waals surface area contributed by atoms with Crippen LogP contribution in [0.3, 0.4) is 0 Å². The quantitative estimate of drug-likeness (QED) is 0.549. The number of Topliss-reactive ketones (excluding diaryl/α,β-unsaturated/α-hetero) is 1. The first kappa shape index (κ1) is 21.7. The highest BCUT2D eigenvalue weighted by Crippen LogP contribution is 2.34. The number of ketones is 1. The van der Waals surface area contributed by atoms with Gasteiger partial charge in [-0.25, -0.2) is 9.48 Å². The molecule has 7 nitrogen and oxygen atoms in total. The average molecular weight is 419 g/mol. The van der Waals surface area contributed by atoms with E-state index in [1.165, 1.54) is 12.1 Å². The number of ether oxygens (including phenoxy) is 1. The Bertz CT molecular complexity index is 881. The van der Waals surface area contributed by atoms with Gasteiger partial charge in [-0.15, -0.1) is 0 Å². The van der Waals surface area contributed by atoms with Gasteiger partial charge in [0, 0.05) is 12.1 Å². The number of esters is 1. The molecule has 11 heteroatoms. The topological polar surface area (TPSA) is 90.5 Å². The maximum Gasteiger partial charge on any atom is 0.436 e. The predicted molar refractivity (Wildman–Crippen MR) is 96.3 cm³/mol. The summed E-state index contributed by atoms with van der Waals surface area (Å²) in [6.07, 6.45) is -4.92.